The van der Waals surface area contributed by atoms with Crippen LogP contribution in [0, 0.1) is 17.8 Å². The molecule has 0 N–H and O–H groups in total. The van der Waals surface area contributed by atoms with Crippen molar-refractivity contribution in [2.24, 2.45) is 17.8 Å². The van der Waals surface area contributed by atoms with E-state index in [0.717, 1.165) is 36.3 Å². The number of hydrogen-bond acceptors (Lipinski definition) is 6. The summed E-state index contributed by atoms with van der Waals surface area (Å²) in [6, 6.07) is 9.78. The van der Waals surface area contributed by atoms with E-state index in [0.29, 0.717) is 43.8 Å². The van der Waals surface area contributed by atoms with Crippen molar-refractivity contribution in [2.45, 2.75) is 38.7 Å². The van der Waals surface area contributed by atoms with Gasteiger partial charge < -0.3 is 14.2 Å². The maximum absolute atomic E-state index is 11.5. The molecule has 168 valence electrons. The Morgan fingerprint density at radius 1 is 1.29 bits per heavy atom. The topological polar surface area (TPSA) is 61.8 Å². The van der Waals surface area contributed by atoms with Gasteiger partial charge in [0.25, 0.3) is 0 Å². The highest BCUT2D eigenvalue weighted by Gasteiger charge is 2.41. The highest BCUT2D eigenvalue weighted by Crippen LogP contribution is 2.43. The zero-order valence-electron chi connectivity index (χ0n) is 18.2. The van der Waals surface area contributed by atoms with Gasteiger partial charge in [-0.3, -0.25) is 4.79 Å². The maximum Gasteiger partial charge on any atom is 0.315 e. The predicted molar refractivity (Wildman–Crippen MR) is 123 cm³/mol. The number of carbonyl (C=O) groups is 1. The van der Waals surface area contributed by atoms with Gasteiger partial charge in [-0.1, -0.05) is 30.4 Å². The molecule has 1 aromatic carbocycles. The summed E-state index contributed by atoms with van der Waals surface area (Å²) in [6.45, 7) is 3.54. The second-order valence-corrected chi connectivity index (χ2v) is 9.06. The average Bonchev–Trinajstić information content (AvgIpc) is 2.99. The molecule has 2 fully saturated rings. The average molecular weight is 445 g/mol. The van der Waals surface area contributed by atoms with E-state index < -0.39 is 0 Å². The minimum Gasteiger partial charge on any atom is -0.493 e. The number of thioether (sulfide) groups is 1. The van der Waals surface area contributed by atoms with Crippen LogP contribution in [0.3, 0.4) is 0 Å². The summed E-state index contributed by atoms with van der Waals surface area (Å²) in [4.78, 5) is 23.0. The lowest BCUT2D eigenvalue weighted by Crippen LogP contribution is -2.20. The fraction of sp³-hybridized carbons (Fsp3) is 0.560. The molecule has 0 unspecified atom stereocenters. The fourth-order valence-electron chi connectivity index (χ4n) is 4.33. The highest BCUT2D eigenvalue weighted by atomic mass is 32.2. The van der Waals surface area contributed by atoms with Gasteiger partial charge in [0.2, 0.25) is 0 Å². The highest BCUT2D eigenvalue weighted by molar-refractivity contribution is 7.99. The minimum absolute atomic E-state index is 0.0896. The van der Waals surface area contributed by atoms with Crippen molar-refractivity contribution in [1.82, 2.24) is 0 Å². The summed E-state index contributed by atoms with van der Waals surface area (Å²) in [6.07, 6.45) is 7.89. The number of fused-ring (bicyclic) bond motifs is 1. The second kappa shape index (κ2) is 12.7. The van der Waals surface area contributed by atoms with Gasteiger partial charge in [-0.15, -0.1) is 11.8 Å². The maximum atomic E-state index is 11.5. The molecule has 1 saturated heterocycles. The molecular formula is C25H32O5S. The van der Waals surface area contributed by atoms with E-state index in [2.05, 4.69) is 18.1 Å². The summed E-state index contributed by atoms with van der Waals surface area (Å²) in [7, 11) is 0. The molecule has 6 heteroatoms. The van der Waals surface area contributed by atoms with Crippen LogP contribution in [0.25, 0.3) is 0 Å². The number of hydrogen-bond donors (Lipinski definition) is 0. The molecule has 1 aliphatic heterocycles. The Hall–Kier alpha value is -2.01. The fourth-order valence-corrected chi connectivity index (χ4v) is 5.29. The Labute approximate surface area is 189 Å². The van der Waals surface area contributed by atoms with Crippen LogP contribution in [-0.4, -0.2) is 49.3 Å². The molecule has 0 spiro atoms. The number of allylic oxidation sites excluding steroid dienone is 1. The molecule has 0 aromatic heterocycles. The molecule has 2 aliphatic rings. The van der Waals surface area contributed by atoms with E-state index in [9.17, 15) is 9.59 Å². The van der Waals surface area contributed by atoms with Crippen molar-refractivity contribution in [1.29, 1.82) is 0 Å². The normalized spacial score (nSPS) is 25.6. The standard InChI is InChI=1S/C25H32O5S/c1-2-28-25(27)18-31-17-19-11-12-23-22(20(15-26)14-24(23)30-16-19)10-6-7-13-29-21-8-4-3-5-9-21/h3-6,8-10,19,22-24H,2,7,11-14,16-18H2,1H3/b10-6+/t19-,22-,23+,24-/m0/s1. The van der Waals surface area contributed by atoms with Crippen LogP contribution in [0.15, 0.2) is 48.1 Å². The van der Waals surface area contributed by atoms with Crippen LogP contribution in [-0.2, 0) is 19.1 Å². The summed E-state index contributed by atoms with van der Waals surface area (Å²) in [5.41, 5.74) is 0.824. The van der Waals surface area contributed by atoms with E-state index in [1.54, 1.807) is 11.8 Å². The van der Waals surface area contributed by atoms with Gasteiger partial charge in [0, 0.05) is 17.9 Å². The predicted octanol–water partition coefficient (Wildman–Crippen LogP) is 4.50. The molecule has 4 atom stereocenters. The van der Waals surface area contributed by atoms with Gasteiger partial charge in [0.1, 0.15) is 11.7 Å². The first kappa shape index (κ1) is 23.6. The lowest BCUT2D eigenvalue weighted by Gasteiger charge is -2.19. The number of carbonyl (C=O) groups excluding carboxylic acids is 2. The van der Waals surface area contributed by atoms with Gasteiger partial charge in [0.05, 0.1) is 31.7 Å². The largest absolute Gasteiger partial charge is 0.493 e. The molecule has 0 radical (unpaired) electrons. The van der Waals surface area contributed by atoms with Gasteiger partial charge >= 0.3 is 5.97 Å². The van der Waals surface area contributed by atoms with Gasteiger partial charge in [-0.2, -0.15) is 0 Å². The Morgan fingerprint density at radius 2 is 2.13 bits per heavy atom. The number of para-hydroxylation sites is 1. The van der Waals surface area contributed by atoms with Crippen molar-refractivity contribution >= 4 is 23.7 Å². The molecule has 31 heavy (non-hydrogen) atoms. The Morgan fingerprint density at radius 3 is 2.90 bits per heavy atom. The number of benzene rings is 1. The van der Waals surface area contributed by atoms with Crippen molar-refractivity contribution in [3.63, 3.8) is 0 Å². The quantitative estimate of drug-likeness (QED) is 0.229. The molecule has 1 saturated carbocycles. The van der Waals surface area contributed by atoms with E-state index in [1.807, 2.05) is 37.3 Å². The summed E-state index contributed by atoms with van der Waals surface area (Å²) in [5.74, 6) is 5.04. The third-order valence-corrected chi connectivity index (χ3v) is 7.01. The van der Waals surface area contributed by atoms with Crippen LogP contribution in [0.5, 0.6) is 5.75 Å². The number of ether oxygens (including phenoxy) is 3. The third-order valence-electron chi connectivity index (χ3n) is 5.87. The van der Waals surface area contributed by atoms with Crippen LogP contribution < -0.4 is 4.74 Å². The van der Waals surface area contributed by atoms with Crippen LogP contribution in [0.2, 0.25) is 0 Å². The second-order valence-electron chi connectivity index (χ2n) is 8.03. The lowest BCUT2D eigenvalue weighted by atomic mass is 9.87. The smallest absolute Gasteiger partial charge is 0.315 e. The van der Waals surface area contributed by atoms with Crippen LogP contribution >= 0.6 is 11.8 Å². The van der Waals surface area contributed by atoms with Gasteiger partial charge in [-0.25, -0.2) is 4.79 Å². The molecule has 3 rings (SSSR count). The molecular weight excluding hydrogens is 412 g/mol. The van der Waals surface area contributed by atoms with Crippen LogP contribution in [0.1, 0.15) is 32.6 Å². The Bertz CT molecular complexity index is 771. The minimum atomic E-state index is -0.152. The summed E-state index contributed by atoms with van der Waals surface area (Å²) >= 11 is 1.62. The van der Waals surface area contributed by atoms with Crippen molar-refractivity contribution in [3.8, 4) is 5.75 Å². The first-order valence-electron chi connectivity index (χ1n) is 11.1. The Kier molecular flexibility index (Phi) is 9.73. The van der Waals surface area contributed by atoms with Gasteiger partial charge in [0.15, 0.2) is 0 Å². The molecule has 0 bridgehead atoms. The zero-order valence-corrected chi connectivity index (χ0v) is 19.0. The monoisotopic (exact) mass is 444 g/mol. The first-order valence-corrected chi connectivity index (χ1v) is 12.3. The molecule has 1 aliphatic carbocycles. The van der Waals surface area contributed by atoms with E-state index >= 15 is 0 Å². The van der Waals surface area contributed by atoms with Crippen molar-refractivity contribution in [3.05, 3.63) is 48.1 Å². The zero-order chi connectivity index (χ0) is 21.9. The Balaban J connectivity index is 1.46. The number of esters is 1. The third kappa shape index (κ3) is 7.27. The molecule has 5 nitrogen and oxygen atoms in total. The van der Waals surface area contributed by atoms with Crippen LogP contribution in [0.4, 0.5) is 0 Å². The van der Waals surface area contributed by atoms with Gasteiger partial charge in [-0.05, 0) is 55.9 Å². The summed E-state index contributed by atoms with van der Waals surface area (Å²) in [5, 5.41) is 0. The lowest BCUT2D eigenvalue weighted by molar-refractivity contribution is -0.139. The SMILES string of the molecule is CCOC(=O)CSC[C@H]1CC[C@H]2[C@H](CC(=C=O)[C@@H]2/C=C/CCOc2ccccc2)OC1. The van der Waals surface area contributed by atoms with Crippen molar-refractivity contribution in [2.75, 3.05) is 31.3 Å². The van der Waals surface area contributed by atoms with E-state index in [4.69, 9.17) is 14.2 Å². The number of rotatable bonds is 10. The summed E-state index contributed by atoms with van der Waals surface area (Å²) < 4.78 is 16.9. The molecule has 1 aromatic rings. The molecule has 0 amide bonds. The van der Waals surface area contributed by atoms with E-state index in [-0.39, 0.29) is 18.0 Å². The van der Waals surface area contributed by atoms with Crippen molar-refractivity contribution < 1.29 is 23.8 Å². The first-order chi connectivity index (χ1) is 15.2. The van der Waals surface area contributed by atoms with E-state index in [1.165, 1.54) is 0 Å². The molecule has 1 heterocycles.